The molecule has 1 aliphatic heterocycles. The zero-order chi connectivity index (χ0) is 14.8. The number of aliphatic hydroxyl groups is 2. The predicted molar refractivity (Wildman–Crippen MR) is 78.2 cm³/mol. The first-order chi connectivity index (χ1) is 10.2. The van der Waals surface area contributed by atoms with Crippen LogP contribution in [0.1, 0.15) is 12.1 Å². The third-order valence-corrected chi connectivity index (χ3v) is 4.15. The van der Waals surface area contributed by atoms with Gasteiger partial charge in [0.2, 0.25) is 0 Å². The Balaban J connectivity index is 1.75. The summed E-state index contributed by atoms with van der Waals surface area (Å²) >= 11 is 0. The van der Waals surface area contributed by atoms with Crippen molar-refractivity contribution in [3.05, 3.63) is 41.8 Å². The van der Waals surface area contributed by atoms with Crippen molar-refractivity contribution in [2.75, 3.05) is 19.7 Å². The molecule has 2 N–H and O–H groups in total. The minimum atomic E-state index is -0.513. The number of pyridine rings is 1. The molecule has 0 saturated carbocycles. The number of β-amino-alcohol motifs (C(OH)–C–C–N with tert-alkyl or cyclic N) is 1. The number of piperidine rings is 1. The number of nitrogens with zero attached hydrogens (tertiary/aromatic N) is 2. The molecular weight excluding hydrogens is 271 g/mol. The van der Waals surface area contributed by atoms with Gasteiger partial charge in [-0.25, -0.2) is 9.37 Å². The molecule has 1 aliphatic rings. The van der Waals surface area contributed by atoms with Gasteiger partial charge in [0.1, 0.15) is 11.3 Å². The largest absolute Gasteiger partial charge is 0.396 e. The van der Waals surface area contributed by atoms with Crippen molar-refractivity contribution in [1.29, 1.82) is 0 Å². The second kappa shape index (κ2) is 6.05. The summed E-state index contributed by atoms with van der Waals surface area (Å²) in [7, 11) is 0. The summed E-state index contributed by atoms with van der Waals surface area (Å²) in [5, 5.41) is 19.9. The summed E-state index contributed by atoms with van der Waals surface area (Å²) in [6, 6.07) is 8.69. The number of rotatable bonds is 3. The van der Waals surface area contributed by atoms with E-state index in [2.05, 4.69) is 9.88 Å². The lowest BCUT2D eigenvalue weighted by Gasteiger charge is -2.34. The van der Waals surface area contributed by atoms with Crippen LogP contribution in [0.4, 0.5) is 4.39 Å². The summed E-state index contributed by atoms with van der Waals surface area (Å²) in [5.41, 5.74) is 1.18. The highest BCUT2D eigenvalue weighted by molar-refractivity contribution is 5.79. The lowest BCUT2D eigenvalue weighted by Crippen LogP contribution is -2.44. The zero-order valence-corrected chi connectivity index (χ0v) is 11.7. The molecule has 0 spiro atoms. The molecule has 4 nitrogen and oxygen atoms in total. The molecule has 21 heavy (non-hydrogen) atoms. The van der Waals surface area contributed by atoms with Crippen molar-refractivity contribution in [2.45, 2.75) is 19.1 Å². The Morgan fingerprint density at radius 1 is 1.29 bits per heavy atom. The average molecular weight is 290 g/mol. The Bertz CT molecular complexity index is 635. The standard InChI is InChI=1S/C16H19FN2O2/c17-14-3-1-2-11-4-5-13(18-16(11)14)8-19-7-6-12(10-20)15(21)9-19/h1-5,12,15,20-21H,6-10H2/t12-,15+/m1/s1. The summed E-state index contributed by atoms with van der Waals surface area (Å²) in [4.78, 5) is 6.47. The first-order valence-corrected chi connectivity index (χ1v) is 7.23. The summed E-state index contributed by atoms with van der Waals surface area (Å²) in [6.45, 7) is 1.93. The maximum absolute atomic E-state index is 13.8. The highest BCUT2D eigenvalue weighted by Crippen LogP contribution is 2.20. The van der Waals surface area contributed by atoms with Crippen molar-refractivity contribution in [1.82, 2.24) is 9.88 Å². The van der Waals surface area contributed by atoms with Gasteiger partial charge in [-0.15, -0.1) is 0 Å². The van der Waals surface area contributed by atoms with Crippen LogP contribution in [0.3, 0.4) is 0 Å². The molecule has 2 aromatic rings. The number of para-hydroxylation sites is 1. The van der Waals surface area contributed by atoms with Crippen LogP contribution < -0.4 is 0 Å². The highest BCUT2D eigenvalue weighted by atomic mass is 19.1. The number of aliphatic hydroxyl groups excluding tert-OH is 2. The Hall–Kier alpha value is -1.56. The number of aromatic nitrogens is 1. The van der Waals surface area contributed by atoms with Crippen LogP contribution in [-0.2, 0) is 6.54 Å². The van der Waals surface area contributed by atoms with Gasteiger partial charge in [0.25, 0.3) is 0 Å². The van der Waals surface area contributed by atoms with E-state index >= 15 is 0 Å². The quantitative estimate of drug-likeness (QED) is 0.900. The second-order valence-corrected chi connectivity index (χ2v) is 5.65. The van der Waals surface area contributed by atoms with Crippen LogP contribution in [0.25, 0.3) is 10.9 Å². The molecular formula is C16H19FN2O2. The van der Waals surface area contributed by atoms with E-state index in [0.29, 0.717) is 18.6 Å². The van der Waals surface area contributed by atoms with Crippen LogP contribution in [0, 0.1) is 11.7 Å². The van der Waals surface area contributed by atoms with Gasteiger partial charge >= 0.3 is 0 Å². The highest BCUT2D eigenvalue weighted by Gasteiger charge is 2.27. The van der Waals surface area contributed by atoms with E-state index in [9.17, 15) is 9.50 Å². The molecule has 0 radical (unpaired) electrons. The van der Waals surface area contributed by atoms with Gasteiger partial charge in [-0.1, -0.05) is 18.2 Å². The Kier molecular flexibility index (Phi) is 4.14. The molecule has 0 unspecified atom stereocenters. The van der Waals surface area contributed by atoms with Crippen molar-refractivity contribution >= 4 is 10.9 Å². The molecule has 2 heterocycles. The summed E-state index contributed by atoms with van der Waals surface area (Å²) in [5.74, 6) is -0.350. The minimum Gasteiger partial charge on any atom is -0.396 e. The van der Waals surface area contributed by atoms with Crippen molar-refractivity contribution in [3.63, 3.8) is 0 Å². The van der Waals surface area contributed by atoms with Crippen molar-refractivity contribution in [3.8, 4) is 0 Å². The molecule has 112 valence electrons. The van der Waals surface area contributed by atoms with Gasteiger partial charge in [-0.3, -0.25) is 4.90 Å². The summed E-state index contributed by atoms with van der Waals surface area (Å²) < 4.78 is 13.8. The Morgan fingerprint density at radius 2 is 2.14 bits per heavy atom. The monoisotopic (exact) mass is 290 g/mol. The number of likely N-dealkylation sites (tertiary alicyclic amines) is 1. The van der Waals surface area contributed by atoms with Crippen LogP contribution in [0.15, 0.2) is 30.3 Å². The minimum absolute atomic E-state index is 0.0223. The molecule has 5 heteroatoms. The van der Waals surface area contributed by atoms with Crippen LogP contribution in [0.2, 0.25) is 0 Å². The number of halogens is 1. The molecule has 0 aliphatic carbocycles. The van der Waals surface area contributed by atoms with Crippen molar-refractivity contribution in [2.24, 2.45) is 5.92 Å². The van der Waals surface area contributed by atoms with E-state index in [0.717, 1.165) is 24.0 Å². The normalized spacial score (nSPS) is 23.6. The maximum Gasteiger partial charge on any atom is 0.149 e. The van der Waals surface area contributed by atoms with Gasteiger partial charge in [-0.05, 0) is 25.1 Å². The van der Waals surface area contributed by atoms with Gasteiger partial charge in [0, 0.05) is 31.0 Å². The molecule has 3 rings (SSSR count). The van der Waals surface area contributed by atoms with Crippen LogP contribution in [-0.4, -0.2) is 45.9 Å². The fourth-order valence-corrected chi connectivity index (χ4v) is 2.87. The number of hydrogen-bond donors (Lipinski definition) is 2. The number of hydrogen-bond acceptors (Lipinski definition) is 4. The third-order valence-electron chi connectivity index (χ3n) is 4.15. The van der Waals surface area contributed by atoms with E-state index in [-0.39, 0.29) is 18.3 Å². The number of fused-ring (bicyclic) bond motifs is 1. The van der Waals surface area contributed by atoms with E-state index < -0.39 is 6.10 Å². The van der Waals surface area contributed by atoms with E-state index in [4.69, 9.17) is 5.11 Å². The lowest BCUT2D eigenvalue weighted by molar-refractivity contribution is -0.00476. The molecule has 0 amide bonds. The maximum atomic E-state index is 13.8. The van der Waals surface area contributed by atoms with Crippen LogP contribution >= 0.6 is 0 Å². The average Bonchev–Trinajstić information content (AvgIpc) is 2.48. The third kappa shape index (κ3) is 3.05. The Morgan fingerprint density at radius 3 is 2.90 bits per heavy atom. The lowest BCUT2D eigenvalue weighted by atomic mass is 9.95. The smallest absolute Gasteiger partial charge is 0.149 e. The first-order valence-electron chi connectivity index (χ1n) is 7.23. The van der Waals surface area contributed by atoms with Gasteiger partial charge in [0.05, 0.1) is 11.8 Å². The predicted octanol–water partition coefficient (Wildman–Crippen LogP) is 1.55. The Labute approximate surface area is 122 Å². The van der Waals surface area contributed by atoms with Crippen molar-refractivity contribution < 1.29 is 14.6 Å². The molecule has 1 fully saturated rings. The molecule has 1 aromatic heterocycles. The van der Waals surface area contributed by atoms with E-state index in [1.54, 1.807) is 6.07 Å². The summed E-state index contributed by atoms with van der Waals surface area (Å²) in [6.07, 6.45) is 0.250. The molecule has 2 atom stereocenters. The first kappa shape index (κ1) is 14.4. The SMILES string of the molecule is OC[C@H]1CCN(Cc2ccc3cccc(F)c3n2)C[C@@H]1O. The van der Waals surface area contributed by atoms with E-state index in [1.807, 2.05) is 18.2 Å². The van der Waals surface area contributed by atoms with Gasteiger partial charge < -0.3 is 10.2 Å². The van der Waals surface area contributed by atoms with Gasteiger partial charge in [0.15, 0.2) is 0 Å². The molecule has 0 bridgehead atoms. The topological polar surface area (TPSA) is 56.6 Å². The second-order valence-electron chi connectivity index (χ2n) is 5.65. The van der Waals surface area contributed by atoms with Crippen LogP contribution in [0.5, 0.6) is 0 Å². The van der Waals surface area contributed by atoms with E-state index in [1.165, 1.54) is 6.07 Å². The fraction of sp³-hybridized carbons (Fsp3) is 0.438. The molecule has 1 aromatic carbocycles. The fourth-order valence-electron chi connectivity index (χ4n) is 2.87. The zero-order valence-electron chi connectivity index (χ0n) is 11.7. The van der Waals surface area contributed by atoms with Gasteiger partial charge in [-0.2, -0.15) is 0 Å². The molecule has 1 saturated heterocycles. The number of benzene rings is 1.